The van der Waals surface area contributed by atoms with Crippen LogP contribution in [0.1, 0.15) is 41.4 Å². The summed E-state index contributed by atoms with van der Waals surface area (Å²) in [6.07, 6.45) is 4.80. The number of hydrogen-bond donors (Lipinski definition) is 2. The number of esters is 1. The number of carbonyl (C=O) groups is 2. The zero-order valence-electron chi connectivity index (χ0n) is 24.4. The molecule has 2 N–H and O–H groups in total. The average molecular weight is 571 g/mol. The molecule has 4 aromatic rings. The number of methoxy groups -OCH3 is 2. The highest BCUT2D eigenvalue weighted by Gasteiger charge is 2.30. The van der Waals surface area contributed by atoms with E-state index in [0.29, 0.717) is 48.6 Å². The number of hydrogen-bond acceptors (Lipinski definition) is 7. The summed E-state index contributed by atoms with van der Waals surface area (Å²) >= 11 is 0. The molecule has 42 heavy (non-hydrogen) atoms. The molecular formula is C33H38N4O5. The summed E-state index contributed by atoms with van der Waals surface area (Å²) in [6.45, 7) is 3.54. The number of fused-ring (bicyclic) bond motifs is 1. The van der Waals surface area contributed by atoms with Crippen LogP contribution in [0.5, 0.6) is 5.75 Å². The van der Waals surface area contributed by atoms with E-state index in [-0.39, 0.29) is 17.9 Å². The van der Waals surface area contributed by atoms with Crippen molar-refractivity contribution < 1.29 is 23.8 Å². The maximum atomic E-state index is 13.2. The zero-order chi connectivity index (χ0) is 29.5. The molecule has 1 amide bonds. The fraction of sp³-hybridized carbons (Fsp3) is 0.364. The normalized spacial score (nSPS) is 15.4. The summed E-state index contributed by atoms with van der Waals surface area (Å²) < 4.78 is 17.9. The predicted octanol–water partition coefficient (Wildman–Crippen LogP) is 5.48. The molecule has 2 atom stereocenters. The second-order valence-corrected chi connectivity index (χ2v) is 10.7. The van der Waals surface area contributed by atoms with Crippen molar-refractivity contribution in [1.29, 1.82) is 0 Å². The number of benzene rings is 2. The van der Waals surface area contributed by atoms with Gasteiger partial charge in [-0.05, 0) is 61.9 Å². The van der Waals surface area contributed by atoms with E-state index in [1.54, 1.807) is 13.3 Å². The third-order valence-corrected chi connectivity index (χ3v) is 7.60. The largest absolute Gasteiger partial charge is 0.497 e. The van der Waals surface area contributed by atoms with E-state index in [0.717, 1.165) is 36.3 Å². The van der Waals surface area contributed by atoms with E-state index in [1.165, 1.54) is 12.7 Å². The van der Waals surface area contributed by atoms with Crippen LogP contribution in [-0.4, -0.2) is 54.9 Å². The molecule has 0 radical (unpaired) electrons. The van der Waals surface area contributed by atoms with Gasteiger partial charge in [-0.3, -0.25) is 4.79 Å². The van der Waals surface area contributed by atoms with E-state index in [2.05, 4.69) is 35.8 Å². The quantitative estimate of drug-likeness (QED) is 0.217. The van der Waals surface area contributed by atoms with Crippen LogP contribution >= 0.6 is 0 Å². The lowest BCUT2D eigenvalue weighted by atomic mass is 10.1. The molecule has 1 aliphatic heterocycles. The van der Waals surface area contributed by atoms with Crippen molar-refractivity contribution in [3.8, 4) is 5.75 Å². The van der Waals surface area contributed by atoms with E-state index in [4.69, 9.17) is 19.2 Å². The second kappa shape index (κ2) is 13.5. The number of aromatic nitrogens is 2. The monoisotopic (exact) mass is 570 g/mol. The van der Waals surface area contributed by atoms with Crippen LogP contribution < -0.4 is 15.4 Å². The molecule has 9 heteroatoms. The number of nitrogens with one attached hydrogen (secondary N) is 2. The first kappa shape index (κ1) is 29.1. The van der Waals surface area contributed by atoms with Crippen LogP contribution in [-0.2, 0) is 33.7 Å². The highest BCUT2D eigenvalue weighted by Crippen LogP contribution is 2.34. The first-order chi connectivity index (χ1) is 20.5. The van der Waals surface area contributed by atoms with Gasteiger partial charge in [0.2, 0.25) is 5.91 Å². The van der Waals surface area contributed by atoms with Gasteiger partial charge in [0.25, 0.3) is 0 Å². The zero-order valence-corrected chi connectivity index (χ0v) is 24.4. The van der Waals surface area contributed by atoms with Crippen LogP contribution in [0.25, 0.3) is 11.0 Å². The van der Waals surface area contributed by atoms with E-state index >= 15 is 0 Å². The number of carbonyl (C=O) groups excluding carboxylic acids is 2. The van der Waals surface area contributed by atoms with Gasteiger partial charge < -0.3 is 29.4 Å². The van der Waals surface area contributed by atoms with Gasteiger partial charge in [-0.2, -0.15) is 0 Å². The summed E-state index contributed by atoms with van der Waals surface area (Å²) in [5.41, 5.74) is 4.48. The Morgan fingerprint density at radius 1 is 1.10 bits per heavy atom. The molecule has 1 fully saturated rings. The molecular weight excluding hydrogens is 532 g/mol. The molecule has 9 nitrogen and oxygen atoms in total. The SMILES string of the molecule is COC(=O)c1c(NC(=O)[C@H]2CCOC2)c2cc(N[C@@H](C)Cc3cccc(OC)c3)cnc2n1CCCc1ccccc1. The van der Waals surface area contributed by atoms with Gasteiger partial charge in [-0.1, -0.05) is 42.5 Å². The lowest BCUT2D eigenvalue weighted by molar-refractivity contribution is -0.119. The Bertz CT molecular complexity index is 1530. The molecule has 2 aromatic carbocycles. The molecule has 0 unspecified atom stereocenters. The van der Waals surface area contributed by atoms with E-state index in [9.17, 15) is 9.59 Å². The predicted molar refractivity (Wildman–Crippen MR) is 163 cm³/mol. The maximum absolute atomic E-state index is 13.2. The summed E-state index contributed by atoms with van der Waals surface area (Å²) in [5, 5.41) is 7.26. The molecule has 1 aliphatic rings. The standard InChI is InChI=1S/C33H38N4O5/c1-22(17-24-11-7-13-27(18-24)40-2)35-26-19-28-29(36-32(38)25-14-16-42-21-25)30(33(39)41-3)37(31(28)34-20-26)15-8-12-23-9-5-4-6-10-23/h4-7,9-11,13,18-20,22,25,35H,8,12,14-17,21H2,1-3H3,(H,36,38)/t22-,25-/m0/s1. The smallest absolute Gasteiger partial charge is 0.356 e. The third kappa shape index (κ3) is 6.74. The first-order valence-corrected chi connectivity index (χ1v) is 14.4. The van der Waals surface area contributed by atoms with Crippen molar-refractivity contribution in [3.05, 3.63) is 83.7 Å². The van der Waals surface area contributed by atoms with Gasteiger partial charge in [0.1, 0.15) is 11.4 Å². The fourth-order valence-electron chi connectivity index (χ4n) is 5.50. The molecule has 0 spiro atoms. The maximum Gasteiger partial charge on any atom is 0.356 e. The Kier molecular flexibility index (Phi) is 9.38. The Hall–Kier alpha value is -4.37. The molecule has 0 bridgehead atoms. The minimum Gasteiger partial charge on any atom is -0.497 e. The van der Waals surface area contributed by atoms with Crippen molar-refractivity contribution in [1.82, 2.24) is 9.55 Å². The van der Waals surface area contributed by atoms with Crippen molar-refractivity contribution in [2.75, 3.05) is 38.1 Å². The van der Waals surface area contributed by atoms with Gasteiger partial charge in [0, 0.05) is 24.6 Å². The van der Waals surface area contributed by atoms with E-state index in [1.807, 2.05) is 47.0 Å². The molecule has 220 valence electrons. The molecule has 0 aliphatic carbocycles. The summed E-state index contributed by atoms with van der Waals surface area (Å²) in [4.78, 5) is 31.2. The average Bonchev–Trinajstić information content (AvgIpc) is 3.65. The fourth-order valence-corrected chi connectivity index (χ4v) is 5.50. The molecule has 5 rings (SSSR count). The third-order valence-electron chi connectivity index (χ3n) is 7.60. The van der Waals surface area contributed by atoms with Crippen LogP contribution in [0, 0.1) is 5.92 Å². The number of pyridine rings is 1. The number of amides is 1. The van der Waals surface area contributed by atoms with Crippen molar-refractivity contribution in [2.45, 2.75) is 45.2 Å². The van der Waals surface area contributed by atoms with Gasteiger partial charge in [0.05, 0.1) is 44.3 Å². The highest BCUT2D eigenvalue weighted by atomic mass is 16.5. The van der Waals surface area contributed by atoms with Gasteiger partial charge in [-0.15, -0.1) is 0 Å². The summed E-state index contributed by atoms with van der Waals surface area (Å²) in [6, 6.07) is 20.3. The lowest BCUT2D eigenvalue weighted by Crippen LogP contribution is -2.24. The topological polar surface area (TPSA) is 104 Å². The number of ether oxygens (including phenoxy) is 3. The Labute approximate surface area is 246 Å². The number of nitrogens with zero attached hydrogens (tertiary/aromatic N) is 2. The van der Waals surface area contributed by atoms with Gasteiger partial charge in [-0.25, -0.2) is 9.78 Å². The molecule has 3 heterocycles. The second-order valence-electron chi connectivity index (χ2n) is 10.7. The minimum absolute atomic E-state index is 0.0815. The van der Waals surface area contributed by atoms with E-state index < -0.39 is 5.97 Å². The van der Waals surface area contributed by atoms with Crippen molar-refractivity contribution in [3.63, 3.8) is 0 Å². The summed E-state index contributed by atoms with van der Waals surface area (Å²) in [7, 11) is 3.01. The molecule has 1 saturated heterocycles. The van der Waals surface area contributed by atoms with Crippen molar-refractivity contribution in [2.24, 2.45) is 5.92 Å². The Balaban J connectivity index is 1.47. The van der Waals surface area contributed by atoms with Gasteiger partial charge >= 0.3 is 5.97 Å². The van der Waals surface area contributed by atoms with Crippen molar-refractivity contribution >= 4 is 34.3 Å². The Morgan fingerprint density at radius 3 is 2.64 bits per heavy atom. The lowest BCUT2D eigenvalue weighted by Gasteiger charge is -2.16. The number of rotatable bonds is 12. The number of anilines is 2. The Morgan fingerprint density at radius 2 is 1.90 bits per heavy atom. The summed E-state index contributed by atoms with van der Waals surface area (Å²) in [5.74, 6) is -0.152. The highest BCUT2D eigenvalue weighted by molar-refractivity contribution is 6.11. The minimum atomic E-state index is -0.522. The molecule has 2 aromatic heterocycles. The van der Waals surface area contributed by atoms with Gasteiger partial charge in [0.15, 0.2) is 5.69 Å². The van der Waals surface area contributed by atoms with Crippen LogP contribution in [0.15, 0.2) is 66.9 Å². The molecule has 0 saturated carbocycles. The van der Waals surface area contributed by atoms with Crippen LogP contribution in [0.4, 0.5) is 11.4 Å². The number of aryl methyl sites for hydroxylation is 2. The van der Waals surface area contributed by atoms with Crippen LogP contribution in [0.3, 0.4) is 0 Å². The van der Waals surface area contributed by atoms with Crippen LogP contribution in [0.2, 0.25) is 0 Å². The first-order valence-electron chi connectivity index (χ1n) is 14.4.